The van der Waals surface area contributed by atoms with Gasteiger partial charge in [0, 0.05) is 10.6 Å². The van der Waals surface area contributed by atoms with Gasteiger partial charge in [0.1, 0.15) is 11.3 Å². The Kier molecular flexibility index (Phi) is 7.30. The maximum atomic E-state index is 12.9. The van der Waals surface area contributed by atoms with Crippen molar-refractivity contribution in [1.29, 1.82) is 0 Å². The van der Waals surface area contributed by atoms with Gasteiger partial charge >= 0.3 is 5.97 Å². The van der Waals surface area contributed by atoms with Crippen LogP contribution in [0, 0.1) is 0 Å². The Balaban J connectivity index is 1.85. The summed E-state index contributed by atoms with van der Waals surface area (Å²) in [5, 5.41) is 3.11. The van der Waals surface area contributed by atoms with Crippen molar-refractivity contribution in [1.82, 2.24) is 5.32 Å². The SMILES string of the molecule is CCOC(=O)C1(NC(=O)c2cccc(S(=O)(=O)Nc3cc(Cl)ccc3OC)c2)CCCC1. The molecule has 1 aliphatic rings. The van der Waals surface area contributed by atoms with Crippen molar-refractivity contribution in [3.8, 4) is 5.75 Å². The van der Waals surface area contributed by atoms with E-state index in [1.54, 1.807) is 19.1 Å². The van der Waals surface area contributed by atoms with E-state index < -0.39 is 27.4 Å². The van der Waals surface area contributed by atoms with E-state index in [0.717, 1.165) is 12.8 Å². The molecule has 1 fully saturated rings. The average Bonchev–Trinajstić information content (AvgIpc) is 3.24. The van der Waals surface area contributed by atoms with E-state index in [4.69, 9.17) is 21.1 Å². The molecule has 1 amide bonds. The van der Waals surface area contributed by atoms with Gasteiger partial charge in [-0.1, -0.05) is 30.5 Å². The first-order valence-electron chi connectivity index (χ1n) is 10.2. The van der Waals surface area contributed by atoms with Gasteiger partial charge < -0.3 is 14.8 Å². The van der Waals surface area contributed by atoms with Crippen LogP contribution in [0.3, 0.4) is 0 Å². The smallest absolute Gasteiger partial charge is 0.331 e. The zero-order valence-corrected chi connectivity index (χ0v) is 19.4. The van der Waals surface area contributed by atoms with Crippen LogP contribution in [-0.2, 0) is 19.6 Å². The molecule has 0 heterocycles. The van der Waals surface area contributed by atoms with E-state index in [0.29, 0.717) is 23.6 Å². The highest BCUT2D eigenvalue weighted by Crippen LogP contribution is 2.32. The Morgan fingerprint density at radius 3 is 2.50 bits per heavy atom. The number of methoxy groups -OCH3 is 1. The van der Waals surface area contributed by atoms with E-state index in [2.05, 4.69) is 10.0 Å². The van der Waals surface area contributed by atoms with Crippen LogP contribution in [-0.4, -0.2) is 39.5 Å². The number of amides is 1. The maximum absolute atomic E-state index is 12.9. The maximum Gasteiger partial charge on any atom is 0.331 e. The van der Waals surface area contributed by atoms with Gasteiger partial charge in [0.2, 0.25) is 0 Å². The Morgan fingerprint density at radius 1 is 1.12 bits per heavy atom. The summed E-state index contributed by atoms with van der Waals surface area (Å²) in [7, 11) is -2.64. The molecule has 1 saturated carbocycles. The molecule has 0 radical (unpaired) electrons. The normalized spacial score (nSPS) is 15.1. The second-order valence-electron chi connectivity index (χ2n) is 7.44. The number of benzene rings is 2. The highest BCUT2D eigenvalue weighted by Gasteiger charge is 2.44. The van der Waals surface area contributed by atoms with Gasteiger partial charge in [-0.25, -0.2) is 13.2 Å². The van der Waals surface area contributed by atoms with E-state index in [1.807, 2.05) is 0 Å². The summed E-state index contributed by atoms with van der Waals surface area (Å²) in [6.07, 6.45) is 2.54. The van der Waals surface area contributed by atoms with Gasteiger partial charge in [0.05, 0.1) is 24.3 Å². The number of carbonyl (C=O) groups is 2. The summed E-state index contributed by atoms with van der Waals surface area (Å²) in [6, 6.07) is 10.1. The molecule has 32 heavy (non-hydrogen) atoms. The second kappa shape index (κ2) is 9.79. The van der Waals surface area contributed by atoms with Crippen molar-refractivity contribution >= 4 is 39.2 Å². The molecule has 0 saturated heterocycles. The molecule has 3 rings (SSSR count). The number of ether oxygens (including phenoxy) is 2. The molecular weight excluding hydrogens is 456 g/mol. The van der Waals surface area contributed by atoms with Crippen LogP contribution in [0.5, 0.6) is 5.75 Å². The van der Waals surface area contributed by atoms with Crippen molar-refractivity contribution in [2.45, 2.75) is 43.0 Å². The number of carbonyl (C=O) groups excluding carboxylic acids is 2. The van der Waals surface area contributed by atoms with Gasteiger partial charge in [0.15, 0.2) is 0 Å². The lowest BCUT2D eigenvalue weighted by Gasteiger charge is -2.27. The third-order valence-electron chi connectivity index (χ3n) is 5.29. The van der Waals surface area contributed by atoms with Crippen molar-refractivity contribution in [3.63, 3.8) is 0 Å². The minimum Gasteiger partial charge on any atom is -0.495 e. The molecule has 10 heteroatoms. The Labute approximate surface area is 192 Å². The minimum atomic E-state index is -4.05. The van der Waals surface area contributed by atoms with Gasteiger partial charge in [-0.2, -0.15) is 0 Å². The molecule has 172 valence electrons. The number of nitrogens with one attached hydrogen (secondary N) is 2. The zero-order chi connectivity index (χ0) is 23.4. The molecule has 0 atom stereocenters. The lowest BCUT2D eigenvalue weighted by molar-refractivity contribution is -0.150. The van der Waals surface area contributed by atoms with Crippen LogP contribution in [0.25, 0.3) is 0 Å². The van der Waals surface area contributed by atoms with E-state index in [1.165, 1.54) is 37.4 Å². The van der Waals surface area contributed by atoms with Gasteiger partial charge in [-0.15, -0.1) is 0 Å². The first-order chi connectivity index (χ1) is 15.2. The summed E-state index contributed by atoms with van der Waals surface area (Å²) in [5.74, 6) is -0.717. The summed E-state index contributed by atoms with van der Waals surface area (Å²) in [5.41, 5.74) is -0.808. The van der Waals surface area contributed by atoms with Crippen LogP contribution in [0.15, 0.2) is 47.4 Å². The van der Waals surface area contributed by atoms with Crippen molar-refractivity contribution < 1.29 is 27.5 Å². The average molecular weight is 481 g/mol. The standard InChI is InChI=1S/C22H25ClN2O6S/c1-3-31-21(27)22(11-4-5-12-22)24-20(26)15-7-6-8-17(13-15)32(28,29)25-18-14-16(23)9-10-19(18)30-2/h6-10,13-14,25H,3-5,11-12H2,1-2H3,(H,24,26). The van der Waals surface area contributed by atoms with Crippen molar-refractivity contribution in [3.05, 3.63) is 53.1 Å². The summed E-state index contributed by atoms with van der Waals surface area (Å²) < 4.78 is 38.7. The molecular formula is C22H25ClN2O6S. The number of anilines is 1. The summed E-state index contributed by atoms with van der Waals surface area (Å²) >= 11 is 5.98. The van der Waals surface area contributed by atoms with E-state index in [9.17, 15) is 18.0 Å². The first-order valence-corrected chi connectivity index (χ1v) is 12.0. The number of esters is 1. The van der Waals surface area contributed by atoms with Gasteiger partial charge in [-0.3, -0.25) is 9.52 Å². The fourth-order valence-corrected chi connectivity index (χ4v) is 4.96. The predicted molar refractivity (Wildman–Crippen MR) is 121 cm³/mol. The summed E-state index contributed by atoms with van der Waals surface area (Å²) in [6.45, 7) is 1.92. The topological polar surface area (TPSA) is 111 Å². The largest absolute Gasteiger partial charge is 0.495 e. The fraction of sp³-hybridized carbons (Fsp3) is 0.364. The summed E-state index contributed by atoms with van der Waals surface area (Å²) in [4.78, 5) is 25.3. The first kappa shape index (κ1) is 23.9. The van der Waals surface area contributed by atoms with Gasteiger partial charge in [-0.05, 0) is 56.2 Å². The Morgan fingerprint density at radius 2 is 1.84 bits per heavy atom. The zero-order valence-electron chi connectivity index (χ0n) is 17.8. The molecule has 0 spiro atoms. The molecule has 1 aliphatic carbocycles. The Bertz CT molecular complexity index is 1110. The monoisotopic (exact) mass is 480 g/mol. The lowest BCUT2D eigenvalue weighted by Crippen LogP contribution is -2.53. The van der Waals surface area contributed by atoms with E-state index >= 15 is 0 Å². The van der Waals surface area contributed by atoms with Crippen LogP contribution in [0.2, 0.25) is 5.02 Å². The molecule has 2 aromatic carbocycles. The molecule has 2 N–H and O–H groups in total. The third kappa shape index (κ3) is 5.16. The highest BCUT2D eigenvalue weighted by molar-refractivity contribution is 7.92. The number of halogens is 1. The molecule has 2 aromatic rings. The molecule has 0 bridgehead atoms. The molecule has 0 aromatic heterocycles. The van der Waals surface area contributed by atoms with Crippen molar-refractivity contribution in [2.75, 3.05) is 18.4 Å². The van der Waals surface area contributed by atoms with Crippen LogP contribution in [0.1, 0.15) is 43.0 Å². The molecule has 0 unspecified atom stereocenters. The third-order valence-corrected chi connectivity index (χ3v) is 6.89. The van der Waals surface area contributed by atoms with Crippen LogP contribution in [0.4, 0.5) is 5.69 Å². The quantitative estimate of drug-likeness (QED) is 0.556. The second-order valence-corrected chi connectivity index (χ2v) is 9.56. The minimum absolute atomic E-state index is 0.113. The van der Waals surface area contributed by atoms with E-state index in [-0.39, 0.29) is 22.8 Å². The molecule has 8 nitrogen and oxygen atoms in total. The van der Waals surface area contributed by atoms with Gasteiger partial charge in [0.25, 0.3) is 15.9 Å². The number of rotatable bonds is 8. The number of hydrogen-bond donors (Lipinski definition) is 2. The van der Waals surface area contributed by atoms with Crippen LogP contribution < -0.4 is 14.8 Å². The molecule has 0 aliphatic heterocycles. The Hall–Kier alpha value is -2.78. The fourth-order valence-electron chi connectivity index (χ4n) is 3.69. The van der Waals surface area contributed by atoms with Crippen LogP contribution >= 0.6 is 11.6 Å². The predicted octanol–water partition coefficient (Wildman–Crippen LogP) is 3.76. The number of sulfonamides is 1. The lowest BCUT2D eigenvalue weighted by atomic mass is 9.97. The number of hydrogen-bond acceptors (Lipinski definition) is 6. The van der Waals surface area contributed by atoms with Crippen molar-refractivity contribution in [2.24, 2.45) is 0 Å². The highest BCUT2D eigenvalue weighted by atomic mass is 35.5.